The van der Waals surface area contributed by atoms with Crippen LogP contribution in [0.15, 0.2) is 58.1 Å². The summed E-state index contributed by atoms with van der Waals surface area (Å²) < 4.78 is 0.997. The molecule has 0 aromatic heterocycles. The van der Waals surface area contributed by atoms with Crippen LogP contribution < -0.4 is 5.43 Å². The normalized spacial score (nSPS) is 10.6. The van der Waals surface area contributed by atoms with Crippen molar-refractivity contribution in [3.8, 4) is 0 Å². The summed E-state index contributed by atoms with van der Waals surface area (Å²) in [5, 5.41) is 14.6. The number of hydrogen-bond acceptors (Lipinski definition) is 4. The lowest BCUT2D eigenvalue weighted by molar-refractivity contribution is -0.384. The smallest absolute Gasteiger partial charge is 0.271 e. The molecule has 2 aromatic rings. The highest BCUT2D eigenvalue weighted by Gasteiger charge is 2.04. The predicted molar refractivity (Wildman–Crippen MR) is 78.5 cm³/mol. The monoisotopic (exact) mass is 319 g/mol. The Bertz CT molecular complexity index is 612. The van der Waals surface area contributed by atoms with Gasteiger partial charge in [-0.3, -0.25) is 15.5 Å². The van der Waals surface area contributed by atoms with Gasteiger partial charge in [-0.05, 0) is 23.8 Å². The number of non-ortho nitro benzene ring substituents is 1. The number of hydrogen-bond donors (Lipinski definition) is 1. The minimum absolute atomic E-state index is 0.0313. The van der Waals surface area contributed by atoms with E-state index < -0.39 is 4.92 Å². The highest BCUT2D eigenvalue weighted by molar-refractivity contribution is 9.10. The molecule has 0 radical (unpaired) electrons. The molecule has 96 valence electrons. The fourth-order valence-corrected chi connectivity index (χ4v) is 1.68. The van der Waals surface area contributed by atoms with Crippen molar-refractivity contribution in [2.45, 2.75) is 0 Å². The average molecular weight is 320 g/mol. The van der Waals surface area contributed by atoms with Crippen LogP contribution in [0.5, 0.6) is 0 Å². The summed E-state index contributed by atoms with van der Waals surface area (Å²) in [7, 11) is 0. The van der Waals surface area contributed by atoms with Gasteiger partial charge in [-0.15, -0.1) is 0 Å². The van der Waals surface area contributed by atoms with Crippen molar-refractivity contribution in [2.24, 2.45) is 5.10 Å². The number of nitrogens with one attached hydrogen (secondary N) is 1. The van der Waals surface area contributed by atoms with Gasteiger partial charge in [-0.1, -0.05) is 34.1 Å². The van der Waals surface area contributed by atoms with E-state index in [4.69, 9.17) is 0 Å². The lowest BCUT2D eigenvalue weighted by atomic mass is 10.2. The fraction of sp³-hybridized carbons (Fsp3) is 0. The summed E-state index contributed by atoms with van der Waals surface area (Å²) in [6.07, 6.45) is 1.64. The zero-order valence-corrected chi connectivity index (χ0v) is 11.4. The minimum atomic E-state index is -0.441. The van der Waals surface area contributed by atoms with Crippen LogP contribution in [0.2, 0.25) is 0 Å². The number of nitrogens with zero attached hydrogens (tertiary/aromatic N) is 2. The molecule has 0 bridgehead atoms. The van der Waals surface area contributed by atoms with Gasteiger partial charge in [0.2, 0.25) is 0 Å². The average Bonchev–Trinajstić information content (AvgIpc) is 2.41. The molecule has 0 aliphatic carbocycles. The molecule has 0 fully saturated rings. The van der Waals surface area contributed by atoms with E-state index in [1.165, 1.54) is 12.1 Å². The van der Waals surface area contributed by atoms with E-state index in [9.17, 15) is 10.1 Å². The molecule has 2 rings (SSSR count). The van der Waals surface area contributed by atoms with Crippen molar-refractivity contribution in [1.82, 2.24) is 0 Å². The maximum Gasteiger partial charge on any atom is 0.271 e. The number of benzene rings is 2. The van der Waals surface area contributed by atoms with Crippen molar-refractivity contribution in [3.05, 3.63) is 68.7 Å². The van der Waals surface area contributed by atoms with Crippen LogP contribution in [0.1, 0.15) is 5.56 Å². The molecule has 0 aliphatic rings. The number of rotatable bonds is 4. The summed E-state index contributed by atoms with van der Waals surface area (Å²) in [5.41, 5.74) is 4.29. The van der Waals surface area contributed by atoms with E-state index in [-0.39, 0.29) is 5.69 Å². The lowest BCUT2D eigenvalue weighted by Gasteiger charge is -1.99. The fourth-order valence-electron chi connectivity index (χ4n) is 1.42. The molecule has 6 heteroatoms. The molecule has 0 spiro atoms. The van der Waals surface area contributed by atoms with E-state index in [0.29, 0.717) is 5.69 Å². The van der Waals surface area contributed by atoms with Crippen molar-refractivity contribution >= 4 is 33.5 Å². The number of nitro groups is 1. The quantitative estimate of drug-likeness (QED) is 0.529. The van der Waals surface area contributed by atoms with Gasteiger partial charge in [0, 0.05) is 16.6 Å². The third-order valence-electron chi connectivity index (χ3n) is 2.33. The first-order chi connectivity index (χ1) is 9.15. The number of nitro benzene ring substituents is 1. The van der Waals surface area contributed by atoms with E-state index in [1.807, 2.05) is 24.3 Å². The van der Waals surface area contributed by atoms with Gasteiger partial charge in [0.05, 0.1) is 16.8 Å². The second kappa shape index (κ2) is 6.10. The molecule has 0 amide bonds. The third-order valence-corrected chi connectivity index (χ3v) is 2.86. The van der Waals surface area contributed by atoms with E-state index in [2.05, 4.69) is 26.5 Å². The van der Waals surface area contributed by atoms with Crippen LogP contribution in [-0.4, -0.2) is 11.1 Å². The first-order valence-corrected chi connectivity index (χ1v) is 6.23. The molecule has 19 heavy (non-hydrogen) atoms. The highest BCUT2D eigenvalue weighted by Crippen LogP contribution is 2.16. The molecule has 0 heterocycles. The highest BCUT2D eigenvalue weighted by atomic mass is 79.9. The van der Waals surface area contributed by atoms with Crippen molar-refractivity contribution < 1.29 is 4.92 Å². The molecule has 0 saturated carbocycles. The van der Waals surface area contributed by atoms with Gasteiger partial charge in [0.25, 0.3) is 5.69 Å². The molecule has 2 aromatic carbocycles. The van der Waals surface area contributed by atoms with Crippen LogP contribution in [0.4, 0.5) is 11.4 Å². The zero-order chi connectivity index (χ0) is 13.7. The van der Waals surface area contributed by atoms with Crippen molar-refractivity contribution in [2.75, 3.05) is 5.43 Å². The van der Waals surface area contributed by atoms with E-state index in [0.717, 1.165) is 10.0 Å². The second-order valence-electron chi connectivity index (χ2n) is 3.73. The van der Waals surface area contributed by atoms with E-state index >= 15 is 0 Å². The zero-order valence-electron chi connectivity index (χ0n) is 9.79. The van der Waals surface area contributed by atoms with Crippen LogP contribution in [-0.2, 0) is 0 Å². The number of anilines is 1. The number of halogens is 1. The Hall–Kier alpha value is -2.21. The summed E-state index contributed by atoms with van der Waals surface area (Å²) in [6.45, 7) is 0. The molecule has 5 nitrogen and oxygen atoms in total. The second-order valence-corrected chi connectivity index (χ2v) is 4.64. The Kier molecular flexibility index (Phi) is 4.25. The Labute approximate surface area is 118 Å². The SMILES string of the molecule is O=[N+]([O-])c1cccc(N/N=C/c2ccc(Br)cc2)c1. The van der Waals surface area contributed by atoms with Crippen molar-refractivity contribution in [3.63, 3.8) is 0 Å². The summed E-state index contributed by atoms with van der Waals surface area (Å²) in [5.74, 6) is 0. The first-order valence-electron chi connectivity index (χ1n) is 5.44. The summed E-state index contributed by atoms with van der Waals surface area (Å²) in [4.78, 5) is 10.2. The lowest BCUT2D eigenvalue weighted by Crippen LogP contribution is -1.92. The summed E-state index contributed by atoms with van der Waals surface area (Å²) >= 11 is 3.35. The van der Waals surface area contributed by atoms with Crippen LogP contribution >= 0.6 is 15.9 Å². The van der Waals surface area contributed by atoms with Gasteiger partial charge in [-0.2, -0.15) is 5.10 Å². The molecule has 0 unspecified atom stereocenters. The topological polar surface area (TPSA) is 67.5 Å². The maximum atomic E-state index is 10.6. The Balaban J connectivity index is 2.04. The molecule has 0 saturated heterocycles. The maximum absolute atomic E-state index is 10.6. The number of hydrazone groups is 1. The largest absolute Gasteiger partial charge is 0.278 e. The van der Waals surface area contributed by atoms with Gasteiger partial charge in [0.15, 0.2) is 0 Å². The third kappa shape index (κ3) is 3.89. The molecular weight excluding hydrogens is 310 g/mol. The van der Waals surface area contributed by atoms with Crippen LogP contribution in [0.25, 0.3) is 0 Å². The molecule has 0 atom stereocenters. The molecule has 1 N–H and O–H groups in total. The van der Waals surface area contributed by atoms with Crippen LogP contribution in [0, 0.1) is 10.1 Å². The van der Waals surface area contributed by atoms with Gasteiger partial charge in [-0.25, -0.2) is 0 Å². The molecular formula is C13H10BrN3O2. The van der Waals surface area contributed by atoms with Gasteiger partial charge < -0.3 is 0 Å². The van der Waals surface area contributed by atoms with Gasteiger partial charge in [0.1, 0.15) is 0 Å². The summed E-state index contributed by atoms with van der Waals surface area (Å²) in [6, 6.07) is 13.8. The standard InChI is InChI=1S/C13H10BrN3O2/c14-11-6-4-10(5-7-11)9-15-16-12-2-1-3-13(8-12)17(18)19/h1-9,16H/b15-9+. The predicted octanol–water partition coefficient (Wildman–Crippen LogP) is 3.80. The Morgan fingerprint density at radius 1 is 1.21 bits per heavy atom. The Morgan fingerprint density at radius 3 is 2.63 bits per heavy atom. The van der Waals surface area contributed by atoms with E-state index in [1.54, 1.807) is 18.3 Å². The minimum Gasteiger partial charge on any atom is -0.278 e. The first kappa shape index (κ1) is 13.2. The molecule has 0 aliphatic heterocycles. The van der Waals surface area contributed by atoms with Gasteiger partial charge >= 0.3 is 0 Å². The van der Waals surface area contributed by atoms with Crippen LogP contribution in [0.3, 0.4) is 0 Å². The Morgan fingerprint density at radius 2 is 1.95 bits per heavy atom. The van der Waals surface area contributed by atoms with Crippen molar-refractivity contribution in [1.29, 1.82) is 0 Å².